The van der Waals surface area contributed by atoms with Crippen molar-refractivity contribution in [3.8, 4) is 6.07 Å². The van der Waals surface area contributed by atoms with E-state index in [4.69, 9.17) is 5.26 Å². The van der Waals surface area contributed by atoms with E-state index in [0.717, 1.165) is 0 Å². The molecule has 1 aromatic rings. The van der Waals surface area contributed by atoms with Crippen LogP contribution in [-0.4, -0.2) is 4.37 Å². The molecule has 0 saturated heterocycles. The zero-order valence-corrected chi connectivity index (χ0v) is 6.75. The van der Waals surface area contributed by atoms with E-state index in [2.05, 4.69) is 4.37 Å². The van der Waals surface area contributed by atoms with Crippen molar-refractivity contribution in [1.82, 2.24) is 4.37 Å². The molecule has 0 N–H and O–H groups in total. The highest BCUT2D eigenvalue weighted by atomic mass is 32.1. The zero-order valence-electron chi connectivity index (χ0n) is 5.94. The van der Waals surface area contributed by atoms with Gasteiger partial charge in [0.2, 0.25) is 0 Å². The highest BCUT2D eigenvalue weighted by molar-refractivity contribution is 7.06. The lowest BCUT2D eigenvalue weighted by molar-refractivity contribution is -0.134. The lowest BCUT2D eigenvalue weighted by atomic mass is 10.2. The fourth-order valence-corrected chi connectivity index (χ4v) is 1.40. The second kappa shape index (κ2) is 2.75. The fourth-order valence-electron chi connectivity index (χ4n) is 0.695. The van der Waals surface area contributed by atoms with Crippen LogP contribution < -0.4 is 0 Å². The van der Waals surface area contributed by atoms with Gasteiger partial charge in [-0.3, -0.25) is 0 Å². The Kier molecular flexibility index (Phi) is 2.06. The lowest BCUT2D eigenvalue weighted by Gasteiger charge is -2.01. The van der Waals surface area contributed by atoms with Gasteiger partial charge in [0, 0.05) is 0 Å². The summed E-state index contributed by atoms with van der Waals surface area (Å²) in [6.07, 6.45) is -4.46. The van der Waals surface area contributed by atoms with Crippen molar-refractivity contribution < 1.29 is 13.2 Å². The Morgan fingerprint density at radius 3 is 2.42 bits per heavy atom. The molecule has 0 saturated carbocycles. The van der Waals surface area contributed by atoms with Gasteiger partial charge in [0.15, 0.2) is 0 Å². The monoisotopic (exact) mass is 192 g/mol. The van der Waals surface area contributed by atoms with E-state index in [1.165, 1.54) is 13.0 Å². The quantitative estimate of drug-likeness (QED) is 0.632. The van der Waals surface area contributed by atoms with Gasteiger partial charge >= 0.3 is 6.18 Å². The smallest absolute Gasteiger partial charge is 0.196 e. The molecule has 12 heavy (non-hydrogen) atoms. The predicted molar refractivity (Wildman–Crippen MR) is 36.6 cm³/mol. The first-order valence-corrected chi connectivity index (χ1v) is 3.67. The molecule has 0 aliphatic carbocycles. The third-order valence-corrected chi connectivity index (χ3v) is 2.22. The van der Waals surface area contributed by atoms with E-state index in [1.807, 2.05) is 0 Å². The molecule has 0 unspecified atom stereocenters. The van der Waals surface area contributed by atoms with Gasteiger partial charge in [0.05, 0.1) is 11.3 Å². The third-order valence-electron chi connectivity index (χ3n) is 1.23. The van der Waals surface area contributed by atoms with Crippen LogP contribution >= 0.6 is 11.5 Å². The largest absolute Gasteiger partial charge is 0.428 e. The Labute approximate surface area is 70.4 Å². The minimum absolute atomic E-state index is 0.134. The van der Waals surface area contributed by atoms with Gasteiger partial charge < -0.3 is 0 Å². The highest BCUT2D eigenvalue weighted by Gasteiger charge is 2.37. The molecular weight excluding hydrogens is 189 g/mol. The average Bonchev–Trinajstić information content (AvgIpc) is 2.29. The molecule has 0 fully saturated rings. The van der Waals surface area contributed by atoms with Crippen LogP contribution in [0, 0.1) is 18.3 Å². The summed E-state index contributed by atoms with van der Waals surface area (Å²) in [4.78, 5) is -0.914. The van der Waals surface area contributed by atoms with Gasteiger partial charge in [-0.2, -0.15) is 22.8 Å². The molecule has 1 rings (SSSR count). The molecule has 2 nitrogen and oxygen atoms in total. The van der Waals surface area contributed by atoms with E-state index in [-0.39, 0.29) is 11.3 Å². The van der Waals surface area contributed by atoms with Crippen LogP contribution in [-0.2, 0) is 6.18 Å². The second-order valence-electron chi connectivity index (χ2n) is 2.08. The summed E-state index contributed by atoms with van der Waals surface area (Å²) in [6, 6.07) is 1.48. The molecule has 1 heterocycles. The molecular formula is C6H3F3N2S. The van der Waals surface area contributed by atoms with E-state index < -0.39 is 11.1 Å². The van der Waals surface area contributed by atoms with Crippen LogP contribution in [0.3, 0.4) is 0 Å². The van der Waals surface area contributed by atoms with Crippen LogP contribution in [0.15, 0.2) is 0 Å². The average molecular weight is 192 g/mol. The van der Waals surface area contributed by atoms with E-state index in [0.29, 0.717) is 11.5 Å². The Bertz CT molecular complexity index is 334. The minimum Gasteiger partial charge on any atom is -0.196 e. The summed E-state index contributed by atoms with van der Waals surface area (Å²) in [5, 5.41) is 8.37. The first-order valence-electron chi connectivity index (χ1n) is 2.90. The number of hydrogen-bond acceptors (Lipinski definition) is 3. The molecule has 0 spiro atoms. The van der Waals surface area contributed by atoms with E-state index >= 15 is 0 Å². The zero-order chi connectivity index (χ0) is 9.35. The van der Waals surface area contributed by atoms with Crippen LogP contribution in [0.25, 0.3) is 0 Å². The maximum Gasteiger partial charge on any atom is 0.428 e. The minimum atomic E-state index is -4.46. The predicted octanol–water partition coefficient (Wildman–Crippen LogP) is 2.34. The number of nitriles is 1. The molecule has 0 bridgehead atoms. The van der Waals surface area contributed by atoms with Crippen molar-refractivity contribution in [2.75, 3.05) is 0 Å². The summed E-state index contributed by atoms with van der Waals surface area (Å²) in [5.41, 5.74) is -0.234. The summed E-state index contributed by atoms with van der Waals surface area (Å²) >= 11 is 0.310. The Morgan fingerprint density at radius 1 is 1.50 bits per heavy atom. The summed E-state index contributed by atoms with van der Waals surface area (Å²) in [5.74, 6) is 0. The molecule has 1 aromatic heterocycles. The van der Waals surface area contributed by atoms with Crippen molar-refractivity contribution in [2.45, 2.75) is 13.1 Å². The first kappa shape index (κ1) is 9.00. The van der Waals surface area contributed by atoms with Gasteiger partial charge in [0.1, 0.15) is 10.9 Å². The molecule has 64 valence electrons. The number of nitrogens with zero attached hydrogens (tertiary/aromatic N) is 2. The second-order valence-corrected chi connectivity index (χ2v) is 2.86. The van der Waals surface area contributed by atoms with Crippen molar-refractivity contribution >= 4 is 11.5 Å². The number of rotatable bonds is 0. The maximum absolute atomic E-state index is 12.1. The summed E-state index contributed by atoms with van der Waals surface area (Å²) in [7, 11) is 0. The van der Waals surface area contributed by atoms with Crippen molar-refractivity contribution in [3.05, 3.63) is 16.1 Å². The topological polar surface area (TPSA) is 36.7 Å². The van der Waals surface area contributed by atoms with Crippen LogP contribution in [0.1, 0.15) is 16.1 Å². The standard InChI is InChI=1S/C6H3F3N2S/c1-3-4(2-10)5(12-11-3)6(7,8)9/h1H3. The Hall–Kier alpha value is -1.09. The molecule has 0 aliphatic heterocycles. The Morgan fingerprint density at radius 2 is 2.08 bits per heavy atom. The van der Waals surface area contributed by atoms with Gasteiger partial charge in [0.25, 0.3) is 0 Å². The number of alkyl halides is 3. The fraction of sp³-hybridized carbons (Fsp3) is 0.333. The number of aryl methyl sites for hydroxylation is 1. The lowest BCUT2D eigenvalue weighted by Crippen LogP contribution is -2.04. The molecule has 0 amide bonds. The summed E-state index contributed by atoms with van der Waals surface area (Å²) in [6.45, 7) is 1.38. The Balaban J connectivity index is 3.28. The first-order chi connectivity index (χ1) is 5.46. The van der Waals surface area contributed by atoms with E-state index in [9.17, 15) is 13.2 Å². The molecule has 0 aliphatic rings. The highest BCUT2D eigenvalue weighted by Crippen LogP contribution is 2.35. The van der Waals surface area contributed by atoms with Gasteiger partial charge in [-0.15, -0.1) is 0 Å². The van der Waals surface area contributed by atoms with Gasteiger partial charge in [-0.25, -0.2) is 0 Å². The van der Waals surface area contributed by atoms with Crippen molar-refractivity contribution in [2.24, 2.45) is 0 Å². The van der Waals surface area contributed by atoms with E-state index in [1.54, 1.807) is 0 Å². The van der Waals surface area contributed by atoms with Crippen molar-refractivity contribution in [3.63, 3.8) is 0 Å². The van der Waals surface area contributed by atoms with Crippen LogP contribution in [0.4, 0.5) is 13.2 Å². The van der Waals surface area contributed by atoms with Gasteiger partial charge in [-0.1, -0.05) is 0 Å². The third kappa shape index (κ3) is 1.41. The van der Waals surface area contributed by atoms with Gasteiger partial charge in [-0.05, 0) is 18.5 Å². The number of halogens is 3. The molecule has 6 heteroatoms. The number of hydrogen-bond donors (Lipinski definition) is 0. The normalized spacial score (nSPS) is 11.2. The number of aromatic nitrogens is 1. The summed E-state index contributed by atoms with van der Waals surface area (Å²) < 4.78 is 39.7. The van der Waals surface area contributed by atoms with Crippen LogP contribution in [0.2, 0.25) is 0 Å². The van der Waals surface area contributed by atoms with Crippen LogP contribution in [0.5, 0.6) is 0 Å². The molecule has 0 radical (unpaired) electrons. The SMILES string of the molecule is Cc1nsc(C(F)(F)F)c1C#N. The maximum atomic E-state index is 12.1. The molecule has 0 aromatic carbocycles. The van der Waals surface area contributed by atoms with Crippen molar-refractivity contribution in [1.29, 1.82) is 5.26 Å². The molecule has 0 atom stereocenters.